The van der Waals surface area contributed by atoms with Crippen LogP contribution in [0.2, 0.25) is 5.02 Å². The first-order valence-electron chi connectivity index (χ1n) is 12.3. The summed E-state index contributed by atoms with van der Waals surface area (Å²) in [5, 5.41) is 27.2. The molecule has 0 saturated carbocycles. The van der Waals surface area contributed by atoms with Crippen molar-refractivity contribution in [2.24, 2.45) is 0 Å². The summed E-state index contributed by atoms with van der Waals surface area (Å²) < 4.78 is 1.70. The van der Waals surface area contributed by atoms with Crippen molar-refractivity contribution < 1.29 is 9.90 Å². The van der Waals surface area contributed by atoms with Crippen LogP contribution in [0.5, 0.6) is 0 Å². The van der Waals surface area contributed by atoms with Gasteiger partial charge in [-0.05, 0) is 70.5 Å². The molecular weight excluding hydrogens is 476 g/mol. The molecule has 1 aliphatic carbocycles. The number of nitriles is 1. The maximum atomic E-state index is 13.1. The van der Waals surface area contributed by atoms with E-state index in [1.54, 1.807) is 29.1 Å². The van der Waals surface area contributed by atoms with Gasteiger partial charge in [-0.2, -0.15) is 10.4 Å². The SMILES string of the molecule is Cc1c(C(=O)NC2=CCC(C)(N3CCC(N(C)CCO)CC3)C(C#N)=C2)cnn1-c1ccc(Cl)cc1. The van der Waals surface area contributed by atoms with Crippen LogP contribution in [0.15, 0.2) is 53.9 Å². The second-order valence-electron chi connectivity index (χ2n) is 9.72. The third-order valence-corrected chi connectivity index (χ3v) is 7.79. The molecule has 2 N–H and O–H groups in total. The zero-order valence-electron chi connectivity index (χ0n) is 21.0. The molecule has 0 bridgehead atoms. The minimum atomic E-state index is -0.404. The molecule has 8 nitrogen and oxygen atoms in total. The summed E-state index contributed by atoms with van der Waals surface area (Å²) in [5.41, 5.74) is 2.89. The van der Waals surface area contributed by atoms with Crippen LogP contribution in [-0.2, 0) is 0 Å². The first-order valence-corrected chi connectivity index (χ1v) is 12.6. The van der Waals surface area contributed by atoms with Crippen molar-refractivity contribution in [2.75, 3.05) is 33.3 Å². The Morgan fingerprint density at radius 3 is 2.67 bits per heavy atom. The molecule has 2 heterocycles. The Hall–Kier alpha value is -2.96. The lowest BCUT2D eigenvalue weighted by atomic mass is 9.81. The van der Waals surface area contributed by atoms with Crippen LogP contribution in [0.25, 0.3) is 5.69 Å². The highest BCUT2D eigenvalue weighted by Gasteiger charge is 2.39. The van der Waals surface area contributed by atoms with Gasteiger partial charge in [-0.25, -0.2) is 4.68 Å². The topological polar surface area (TPSA) is 97.4 Å². The summed E-state index contributed by atoms with van der Waals surface area (Å²) in [4.78, 5) is 17.7. The molecule has 1 fully saturated rings. The first kappa shape index (κ1) is 26.1. The fourth-order valence-electron chi connectivity index (χ4n) is 5.14. The third kappa shape index (κ3) is 5.25. The number of likely N-dealkylation sites (N-methyl/N-ethyl adjacent to an activating group) is 1. The van der Waals surface area contributed by atoms with Gasteiger partial charge in [-0.3, -0.25) is 9.69 Å². The number of carbonyl (C=O) groups excluding carboxylic acids is 1. The summed E-state index contributed by atoms with van der Waals surface area (Å²) in [6, 6.07) is 10.1. The van der Waals surface area contributed by atoms with Gasteiger partial charge >= 0.3 is 0 Å². The molecule has 36 heavy (non-hydrogen) atoms. The van der Waals surface area contributed by atoms with E-state index in [0.29, 0.717) is 40.9 Å². The molecule has 0 spiro atoms. The Labute approximate surface area is 217 Å². The van der Waals surface area contributed by atoms with Gasteiger partial charge in [0.05, 0.1) is 46.9 Å². The van der Waals surface area contributed by atoms with E-state index in [1.165, 1.54) is 0 Å². The van der Waals surface area contributed by atoms with Crippen molar-refractivity contribution in [3.63, 3.8) is 0 Å². The molecule has 9 heteroatoms. The molecule has 1 unspecified atom stereocenters. The highest BCUT2D eigenvalue weighted by atomic mass is 35.5. The molecule has 1 aliphatic heterocycles. The fourth-order valence-corrected chi connectivity index (χ4v) is 5.27. The number of allylic oxidation sites excluding steroid dienone is 1. The van der Waals surface area contributed by atoms with E-state index < -0.39 is 5.54 Å². The average Bonchev–Trinajstić information content (AvgIpc) is 3.27. The standard InChI is InChI=1S/C27H33ClN6O2/c1-19-25(18-30-34(19)24-6-4-21(28)5-7-24)26(36)31-22-8-11-27(2,20(16-22)17-29)33-12-9-23(10-13-33)32(3)14-15-35/h4-8,16,18,23,35H,9-15H2,1-3H3,(H,31,36). The fraction of sp³-hybridized carbons (Fsp3) is 0.444. The second-order valence-corrected chi connectivity index (χ2v) is 10.2. The Bertz CT molecular complexity index is 1200. The lowest BCUT2D eigenvalue weighted by Gasteiger charge is -2.47. The van der Waals surface area contributed by atoms with Crippen LogP contribution in [0.3, 0.4) is 0 Å². The Morgan fingerprint density at radius 1 is 1.33 bits per heavy atom. The van der Waals surface area contributed by atoms with Crippen molar-refractivity contribution in [3.05, 3.63) is 70.2 Å². The van der Waals surface area contributed by atoms with Crippen LogP contribution >= 0.6 is 11.6 Å². The molecule has 1 amide bonds. The lowest BCUT2D eigenvalue weighted by Crippen LogP contribution is -2.54. The van der Waals surface area contributed by atoms with Gasteiger partial charge in [0.2, 0.25) is 0 Å². The highest BCUT2D eigenvalue weighted by Crippen LogP contribution is 2.35. The minimum Gasteiger partial charge on any atom is -0.395 e. The Balaban J connectivity index is 1.44. The number of likely N-dealkylation sites (tertiary alicyclic amines) is 1. The number of aliphatic hydroxyl groups is 1. The van der Waals surface area contributed by atoms with Gasteiger partial charge in [0, 0.05) is 36.4 Å². The summed E-state index contributed by atoms with van der Waals surface area (Å²) in [5.74, 6) is -0.260. The number of hydrogen-bond acceptors (Lipinski definition) is 6. The number of carbonyl (C=O) groups is 1. The number of nitrogens with one attached hydrogen (secondary N) is 1. The van der Waals surface area contributed by atoms with Crippen LogP contribution in [-0.4, -0.2) is 75.5 Å². The van der Waals surface area contributed by atoms with Crippen LogP contribution < -0.4 is 5.32 Å². The summed E-state index contributed by atoms with van der Waals surface area (Å²) in [6.07, 6.45) is 7.98. The number of benzene rings is 1. The molecule has 2 aliphatic rings. The van der Waals surface area contributed by atoms with Gasteiger partial charge < -0.3 is 15.3 Å². The first-order chi connectivity index (χ1) is 17.3. The summed E-state index contributed by atoms with van der Waals surface area (Å²) in [7, 11) is 2.05. The predicted octanol–water partition coefficient (Wildman–Crippen LogP) is 3.45. The maximum Gasteiger partial charge on any atom is 0.259 e. The molecule has 1 atom stereocenters. The molecule has 0 radical (unpaired) electrons. The number of hydrogen-bond donors (Lipinski definition) is 2. The zero-order valence-corrected chi connectivity index (χ0v) is 21.8. The molecular formula is C27H33ClN6O2. The lowest BCUT2D eigenvalue weighted by molar-refractivity contribution is 0.0614. The summed E-state index contributed by atoms with van der Waals surface area (Å²) in [6.45, 7) is 6.56. The normalized spacial score (nSPS) is 21.1. The van der Waals surface area contributed by atoms with E-state index in [-0.39, 0.29) is 12.5 Å². The maximum absolute atomic E-state index is 13.1. The number of amides is 1. The third-order valence-electron chi connectivity index (χ3n) is 7.54. The van der Waals surface area contributed by atoms with E-state index in [0.717, 1.165) is 37.3 Å². The Morgan fingerprint density at radius 2 is 2.03 bits per heavy atom. The number of aromatic nitrogens is 2. The number of halogens is 1. The van der Waals surface area contributed by atoms with Crippen molar-refractivity contribution in [1.29, 1.82) is 5.26 Å². The highest BCUT2D eigenvalue weighted by molar-refractivity contribution is 6.30. The Kier molecular flexibility index (Phi) is 7.96. The largest absolute Gasteiger partial charge is 0.395 e. The van der Waals surface area contributed by atoms with E-state index in [1.807, 2.05) is 25.1 Å². The van der Waals surface area contributed by atoms with Crippen molar-refractivity contribution in [3.8, 4) is 11.8 Å². The monoisotopic (exact) mass is 508 g/mol. The number of nitrogens with zero attached hydrogens (tertiary/aromatic N) is 5. The number of piperidine rings is 1. The predicted molar refractivity (Wildman–Crippen MR) is 140 cm³/mol. The van der Waals surface area contributed by atoms with Gasteiger partial charge in [-0.1, -0.05) is 17.7 Å². The van der Waals surface area contributed by atoms with Crippen LogP contribution in [0.1, 0.15) is 42.2 Å². The van der Waals surface area contributed by atoms with Gasteiger partial charge in [0.1, 0.15) is 0 Å². The molecule has 1 aromatic heterocycles. The van der Waals surface area contributed by atoms with Gasteiger partial charge in [0.15, 0.2) is 0 Å². The van der Waals surface area contributed by atoms with E-state index in [4.69, 9.17) is 11.6 Å². The van der Waals surface area contributed by atoms with Crippen LogP contribution in [0, 0.1) is 18.3 Å². The molecule has 1 saturated heterocycles. The minimum absolute atomic E-state index is 0.163. The molecule has 4 rings (SSSR count). The van der Waals surface area contributed by atoms with Crippen molar-refractivity contribution in [1.82, 2.24) is 24.9 Å². The average molecular weight is 509 g/mol. The van der Waals surface area contributed by atoms with Crippen molar-refractivity contribution >= 4 is 17.5 Å². The van der Waals surface area contributed by atoms with Crippen molar-refractivity contribution in [2.45, 2.75) is 44.7 Å². The number of aliphatic hydroxyl groups excluding tert-OH is 1. The van der Waals surface area contributed by atoms with E-state index >= 15 is 0 Å². The smallest absolute Gasteiger partial charge is 0.259 e. The van der Waals surface area contributed by atoms with E-state index in [2.05, 4.69) is 40.3 Å². The van der Waals surface area contributed by atoms with Crippen LogP contribution in [0.4, 0.5) is 0 Å². The zero-order chi connectivity index (χ0) is 25.9. The quantitative estimate of drug-likeness (QED) is 0.594. The van der Waals surface area contributed by atoms with Gasteiger partial charge in [0.25, 0.3) is 5.91 Å². The molecule has 2 aromatic rings. The second kappa shape index (κ2) is 11.0. The van der Waals surface area contributed by atoms with E-state index in [9.17, 15) is 15.2 Å². The summed E-state index contributed by atoms with van der Waals surface area (Å²) >= 11 is 5.99. The molecule has 190 valence electrons. The molecule has 1 aromatic carbocycles. The number of rotatable bonds is 7. The van der Waals surface area contributed by atoms with Gasteiger partial charge in [-0.15, -0.1) is 0 Å².